The summed E-state index contributed by atoms with van der Waals surface area (Å²) < 4.78 is 4.75. The quantitative estimate of drug-likeness (QED) is 0.662. The highest BCUT2D eigenvalue weighted by molar-refractivity contribution is 4.98. The summed E-state index contributed by atoms with van der Waals surface area (Å²) in [5.74, 6) is 0. The van der Waals surface area contributed by atoms with Gasteiger partial charge in [-0.2, -0.15) is 0 Å². The van der Waals surface area contributed by atoms with Gasteiger partial charge in [0, 0.05) is 12.1 Å². The molecular formula is C11H21N3O. The highest BCUT2D eigenvalue weighted by atomic mass is 16.5. The van der Waals surface area contributed by atoms with Crippen molar-refractivity contribution in [2.45, 2.75) is 26.8 Å². The van der Waals surface area contributed by atoms with Gasteiger partial charge < -0.3 is 14.7 Å². The van der Waals surface area contributed by atoms with E-state index in [1.54, 1.807) is 12.5 Å². The third-order valence-corrected chi connectivity index (χ3v) is 2.53. The van der Waals surface area contributed by atoms with Crippen molar-refractivity contribution in [3.63, 3.8) is 0 Å². The maximum Gasteiger partial charge on any atom is 0.128 e. The Morgan fingerprint density at radius 1 is 1.40 bits per heavy atom. The highest BCUT2D eigenvalue weighted by Crippen LogP contribution is 1.95. The van der Waals surface area contributed by atoms with Crippen LogP contribution in [0.15, 0.2) is 17.0 Å². The third kappa shape index (κ3) is 4.95. The summed E-state index contributed by atoms with van der Waals surface area (Å²) in [6.07, 6.45) is 4.61. The lowest BCUT2D eigenvalue weighted by Crippen LogP contribution is -2.27. The molecule has 1 N–H and O–H groups in total. The zero-order chi connectivity index (χ0) is 10.9. The lowest BCUT2D eigenvalue weighted by molar-refractivity contribution is 0.298. The van der Waals surface area contributed by atoms with E-state index in [2.05, 4.69) is 29.2 Å². The second-order valence-corrected chi connectivity index (χ2v) is 3.59. The molecule has 0 fully saturated rings. The van der Waals surface area contributed by atoms with Crippen LogP contribution in [0, 0.1) is 0 Å². The lowest BCUT2D eigenvalue weighted by Gasteiger charge is -2.17. The van der Waals surface area contributed by atoms with E-state index >= 15 is 0 Å². The lowest BCUT2D eigenvalue weighted by atomic mass is 10.3. The van der Waals surface area contributed by atoms with Crippen LogP contribution in [0.4, 0.5) is 0 Å². The molecule has 1 rings (SSSR count). The standard InChI is InChI=1S/C11H21N3O/c1-3-14(4-2)7-5-6-12-8-11-9-13-15-10-11/h9-10,12H,3-8H2,1-2H3. The van der Waals surface area contributed by atoms with Crippen molar-refractivity contribution < 1.29 is 4.52 Å². The van der Waals surface area contributed by atoms with Crippen LogP contribution in [-0.2, 0) is 6.54 Å². The predicted molar refractivity (Wildman–Crippen MR) is 60.6 cm³/mol. The van der Waals surface area contributed by atoms with Crippen LogP contribution in [0.2, 0.25) is 0 Å². The van der Waals surface area contributed by atoms with Gasteiger partial charge in [-0.15, -0.1) is 0 Å². The summed E-state index contributed by atoms with van der Waals surface area (Å²) >= 11 is 0. The van der Waals surface area contributed by atoms with Crippen LogP contribution in [0.3, 0.4) is 0 Å². The minimum atomic E-state index is 0.849. The third-order valence-electron chi connectivity index (χ3n) is 2.53. The molecule has 0 amide bonds. The fraction of sp³-hybridized carbons (Fsp3) is 0.727. The van der Waals surface area contributed by atoms with Crippen molar-refractivity contribution in [2.75, 3.05) is 26.2 Å². The Morgan fingerprint density at radius 2 is 2.20 bits per heavy atom. The monoisotopic (exact) mass is 211 g/mol. The van der Waals surface area contributed by atoms with Gasteiger partial charge in [-0.1, -0.05) is 19.0 Å². The fourth-order valence-corrected chi connectivity index (χ4v) is 1.51. The molecule has 4 heteroatoms. The Kier molecular flexibility index (Phi) is 6.04. The van der Waals surface area contributed by atoms with E-state index in [4.69, 9.17) is 4.52 Å². The van der Waals surface area contributed by atoms with E-state index in [-0.39, 0.29) is 0 Å². The minimum Gasteiger partial charge on any atom is -0.364 e. The molecule has 4 nitrogen and oxygen atoms in total. The molecule has 0 aliphatic heterocycles. The Labute approximate surface area is 91.6 Å². The summed E-state index contributed by atoms with van der Waals surface area (Å²) in [5.41, 5.74) is 1.11. The molecule has 0 atom stereocenters. The minimum absolute atomic E-state index is 0.849. The average Bonchev–Trinajstić information content (AvgIpc) is 2.76. The summed E-state index contributed by atoms with van der Waals surface area (Å²) in [4.78, 5) is 2.43. The normalized spacial score (nSPS) is 11.1. The first-order valence-electron chi connectivity index (χ1n) is 5.68. The van der Waals surface area contributed by atoms with Crippen LogP contribution in [-0.4, -0.2) is 36.2 Å². The van der Waals surface area contributed by atoms with Crippen LogP contribution in [0.5, 0.6) is 0 Å². The summed E-state index contributed by atoms with van der Waals surface area (Å²) in [6, 6.07) is 0. The number of rotatable bonds is 8. The fourth-order valence-electron chi connectivity index (χ4n) is 1.51. The molecule has 0 aromatic carbocycles. The molecular weight excluding hydrogens is 190 g/mol. The number of hydrogen-bond acceptors (Lipinski definition) is 4. The van der Waals surface area contributed by atoms with Gasteiger partial charge in [0.05, 0.1) is 6.20 Å². The first-order chi connectivity index (χ1) is 7.36. The molecule has 0 spiro atoms. The van der Waals surface area contributed by atoms with Crippen molar-refractivity contribution in [3.05, 3.63) is 18.0 Å². The molecule has 1 aromatic heterocycles. The SMILES string of the molecule is CCN(CC)CCCNCc1cnoc1. The molecule has 15 heavy (non-hydrogen) atoms. The van der Waals surface area contributed by atoms with Crippen LogP contribution >= 0.6 is 0 Å². The average molecular weight is 211 g/mol. The van der Waals surface area contributed by atoms with Gasteiger partial charge in [0.1, 0.15) is 6.26 Å². The molecule has 1 heterocycles. The van der Waals surface area contributed by atoms with E-state index in [1.807, 2.05) is 0 Å². The Morgan fingerprint density at radius 3 is 2.80 bits per heavy atom. The summed E-state index contributed by atoms with van der Waals surface area (Å²) in [7, 11) is 0. The second kappa shape index (κ2) is 7.43. The van der Waals surface area contributed by atoms with Crippen molar-refractivity contribution in [1.29, 1.82) is 0 Å². The van der Waals surface area contributed by atoms with Crippen molar-refractivity contribution in [2.24, 2.45) is 0 Å². The Hall–Kier alpha value is -0.870. The van der Waals surface area contributed by atoms with E-state index in [9.17, 15) is 0 Å². The smallest absolute Gasteiger partial charge is 0.128 e. The molecule has 0 aliphatic rings. The van der Waals surface area contributed by atoms with E-state index in [1.165, 1.54) is 13.0 Å². The summed E-state index contributed by atoms with van der Waals surface area (Å²) in [5, 5.41) is 7.02. The highest BCUT2D eigenvalue weighted by Gasteiger charge is 1.98. The van der Waals surface area contributed by atoms with Gasteiger partial charge in [0.15, 0.2) is 0 Å². The molecule has 0 saturated heterocycles. The van der Waals surface area contributed by atoms with E-state index in [0.29, 0.717) is 0 Å². The van der Waals surface area contributed by atoms with Gasteiger partial charge in [-0.25, -0.2) is 0 Å². The number of hydrogen-bond donors (Lipinski definition) is 1. The van der Waals surface area contributed by atoms with Gasteiger partial charge in [0.25, 0.3) is 0 Å². The van der Waals surface area contributed by atoms with Gasteiger partial charge in [-0.05, 0) is 32.6 Å². The van der Waals surface area contributed by atoms with Crippen molar-refractivity contribution in [1.82, 2.24) is 15.4 Å². The maximum atomic E-state index is 4.75. The number of aromatic nitrogens is 1. The maximum absolute atomic E-state index is 4.75. The topological polar surface area (TPSA) is 41.3 Å². The Balaban J connectivity index is 1.97. The first kappa shape index (κ1) is 12.2. The first-order valence-corrected chi connectivity index (χ1v) is 5.68. The van der Waals surface area contributed by atoms with Gasteiger partial charge in [-0.3, -0.25) is 0 Å². The van der Waals surface area contributed by atoms with Crippen LogP contribution in [0.25, 0.3) is 0 Å². The second-order valence-electron chi connectivity index (χ2n) is 3.59. The van der Waals surface area contributed by atoms with Crippen LogP contribution in [0.1, 0.15) is 25.8 Å². The number of nitrogens with one attached hydrogen (secondary N) is 1. The molecule has 86 valence electrons. The zero-order valence-electron chi connectivity index (χ0n) is 9.70. The van der Waals surface area contributed by atoms with Gasteiger partial charge >= 0.3 is 0 Å². The van der Waals surface area contributed by atoms with Gasteiger partial charge in [0.2, 0.25) is 0 Å². The van der Waals surface area contributed by atoms with Crippen molar-refractivity contribution >= 4 is 0 Å². The largest absolute Gasteiger partial charge is 0.364 e. The predicted octanol–water partition coefficient (Wildman–Crippen LogP) is 1.50. The molecule has 0 bridgehead atoms. The number of nitrogens with zero attached hydrogens (tertiary/aromatic N) is 2. The van der Waals surface area contributed by atoms with E-state index in [0.717, 1.165) is 31.7 Å². The molecule has 0 aliphatic carbocycles. The molecule has 1 aromatic rings. The molecule has 0 unspecified atom stereocenters. The van der Waals surface area contributed by atoms with E-state index < -0.39 is 0 Å². The molecule has 0 saturated carbocycles. The Bertz CT molecular complexity index is 232. The van der Waals surface area contributed by atoms with Crippen molar-refractivity contribution in [3.8, 4) is 0 Å². The molecule has 0 radical (unpaired) electrons. The zero-order valence-corrected chi connectivity index (χ0v) is 9.70. The van der Waals surface area contributed by atoms with Crippen LogP contribution < -0.4 is 5.32 Å². The summed E-state index contributed by atoms with van der Waals surface area (Å²) in [6.45, 7) is 9.75.